The molecule has 96 valence electrons. The predicted molar refractivity (Wildman–Crippen MR) is 64.5 cm³/mol. The summed E-state index contributed by atoms with van der Waals surface area (Å²) in [5, 5.41) is 8.89. The Labute approximate surface area is 105 Å². The monoisotopic (exact) mass is 251 g/mol. The largest absolute Gasteiger partial charge is 0.304 e. The normalized spacial score (nSPS) is 13.2. The van der Waals surface area contributed by atoms with E-state index >= 15 is 0 Å². The molecule has 0 bridgehead atoms. The van der Waals surface area contributed by atoms with E-state index in [0.717, 1.165) is 5.56 Å². The van der Waals surface area contributed by atoms with Gasteiger partial charge in [-0.15, -0.1) is 0 Å². The lowest BCUT2D eigenvalue weighted by atomic mass is 9.91. The van der Waals surface area contributed by atoms with Crippen LogP contribution in [0.3, 0.4) is 0 Å². The van der Waals surface area contributed by atoms with Crippen molar-refractivity contribution in [2.75, 3.05) is 0 Å². The SMILES string of the molecule is CC(C)c1ccc(C(C#N)C(=O)C(C)(F)F)cc1. The van der Waals surface area contributed by atoms with Gasteiger partial charge in [0, 0.05) is 6.92 Å². The van der Waals surface area contributed by atoms with E-state index in [-0.39, 0.29) is 0 Å². The van der Waals surface area contributed by atoms with Crippen molar-refractivity contribution in [1.82, 2.24) is 0 Å². The lowest BCUT2D eigenvalue weighted by Gasteiger charge is -2.14. The van der Waals surface area contributed by atoms with Gasteiger partial charge in [0.15, 0.2) is 0 Å². The van der Waals surface area contributed by atoms with Crippen LogP contribution in [0.25, 0.3) is 0 Å². The van der Waals surface area contributed by atoms with Crippen molar-refractivity contribution in [2.24, 2.45) is 0 Å². The van der Waals surface area contributed by atoms with Gasteiger partial charge in [-0.1, -0.05) is 38.1 Å². The molecule has 18 heavy (non-hydrogen) atoms. The van der Waals surface area contributed by atoms with E-state index in [4.69, 9.17) is 5.26 Å². The van der Waals surface area contributed by atoms with Gasteiger partial charge in [0.25, 0.3) is 0 Å². The van der Waals surface area contributed by atoms with E-state index in [1.807, 2.05) is 13.8 Å². The van der Waals surface area contributed by atoms with Crippen molar-refractivity contribution < 1.29 is 13.6 Å². The summed E-state index contributed by atoms with van der Waals surface area (Å²) in [5.41, 5.74) is 1.35. The summed E-state index contributed by atoms with van der Waals surface area (Å²) in [4.78, 5) is 11.4. The van der Waals surface area contributed by atoms with Gasteiger partial charge in [-0.25, -0.2) is 0 Å². The van der Waals surface area contributed by atoms with E-state index in [1.165, 1.54) is 0 Å². The molecule has 0 saturated heterocycles. The van der Waals surface area contributed by atoms with Crippen molar-refractivity contribution in [3.63, 3.8) is 0 Å². The fourth-order valence-corrected chi connectivity index (χ4v) is 1.61. The fourth-order valence-electron chi connectivity index (χ4n) is 1.61. The van der Waals surface area contributed by atoms with Gasteiger partial charge in [-0.05, 0) is 17.0 Å². The van der Waals surface area contributed by atoms with Crippen molar-refractivity contribution in [1.29, 1.82) is 5.26 Å². The number of rotatable bonds is 4. The van der Waals surface area contributed by atoms with Gasteiger partial charge in [0.2, 0.25) is 5.78 Å². The minimum absolute atomic E-state index is 0.308. The van der Waals surface area contributed by atoms with Crippen molar-refractivity contribution in [2.45, 2.75) is 38.5 Å². The van der Waals surface area contributed by atoms with Crippen LogP contribution >= 0.6 is 0 Å². The molecule has 2 nitrogen and oxygen atoms in total. The van der Waals surface area contributed by atoms with Gasteiger partial charge >= 0.3 is 5.92 Å². The second-order valence-electron chi connectivity index (χ2n) is 4.64. The van der Waals surface area contributed by atoms with E-state index in [9.17, 15) is 13.6 Å². The molecule has 1 rings (SSSR count). The number of halogens is 2. The first kappa shape index (κ1) is 14.3. The highest BCUT2D eigenvalue weighted by Gasteiger charge is 2.38. The summed E-state index contributed by atoms with van der Waals surface area (Å²) >= 11 is 0. The molecule has 1 aromatic carbocycles. The molecule has 1 unspecified atom stereocenters. The summed E-state index contributed by atoms with van der Waals surface area (Å²) < 4.78 is 25.9. The number of carbonyl (C=O) groups is 1. The van der Waals surface area contributed by atoms with Crippen LogP contribution in [0, 0.1) is 11.3 Å². The molecule has 0 aliphatic rings. The van der Waals surface area contributed by atoms with Gasteiger partial charge in [0.1, 0.15) is 5.92 Å². The zero-order valence-electron chi connectivity index (χ0n) is 10.6. The lowest BCUT2D eigenvalue weighted by molar-refractivity contribution is -0.140. The lowest BCUT2D eigenvalue weighted by Crippen LogP contribution is -2.29. The minimum atomic E-state index is -3.49. The standard InChI is InChI=1S/C14H15F2NO/c1-9(2)10-4-6-11(7-5-10)12(8-17)13(18)14(3,15)16/h4-7,9,12H,1-3H3. The molecule has 0 aliphatic heterocycles. The molecule has 0 spiro atoms. The maximum atomic E-state index is 12.9. The fraction of sp³-hybridized carbons (Fsp3) is 0.429. The van der Waals surface area contributed by atoms with Gasteiger partial charge in [0.05, 0.1) is 6.07 Å². The maximum Gasteiger partial charge on any atom is 0.304 e. The molecule has 4 heteroatoms. The Morgan fingerprint density at radius 1 is 1.22 bits per heavy atom. The number of Topliss-reactive ketones (excluding diaryl/α,β-unsaturated/α-hetero) is 1. The Kier molecular flexibility index (Phi) is 4.18. The minimum Gasteiger partial charge on any atom is -0.291 e. The quantitative estimate of drug-likeness (QED) is 0.819. The highest BCUT2D eigenvalue weighted by atomic mass is 19.3. The van der Waals surface area contributed by atoms with Crippen LogP contribution in [0.15, 0.2) is 24.3 Å². The van der Waals surface area contributed by atoms with Crippen molar-refractivity contribution in [3.05, 3.63) is 35.4 Å². The van der Waals surface area contributed by atoms with Gasteiger partial charge in [-0.2, -0.15) is 14.0 Å². The molecule has 0 fully saturated rings. The van der Waals surface area contributed by atoms with Crippen LogP contribution in [0.5, 0.6) is 0 Å². The third kappa shape index (κ3) is 3.13. The molecule has 0 aromatic heterocycles. The summed E-state index contributed by atoms with van der Waals surface area (Å²) in [5.74, 6) is -5.95. The smallest absolute Gasteiger partial charge is 0.291 e. The summed E-state index contributed by atoms with van der Waals surface area (Å²) in [6.07, 6.45) is 0. The second-order valence-corrected chi connectivity index (χ2v) is 4.64. The van der Waals surface area contributed by atoms with E-state index in [1.54, 1.807) is 30.3 Å². The Hall–Kier alpha value is -1.76. The van der Waals surface area contributed by atoms with Crippen LogP contribution in [0.4, 0.5) is 8.78 Å². The first-order valence-corrected chi connectivity index (χ1v) is 5.69. The number of nitriles is 1. The van der Waals surface area contributed by atoms with Crippen LogP contribution in [0.1, 0.15) is 43.7 Å². The average molecular weight is 251 g/mol. The van der Waals surface area contributed by atoms with Gasteiger partial charge < -0.3 is 0 Å². The molecule has 0 amide bonds. The number of benzene rings is 1. The molecular weight excluding hydrogens is 236 g/mol. The highest BCUT2D eigenvalue weighted by Crippen LogP contribution is 2.26. The van der Waals surface area contributed by atoms with Gasteiger partial charge in [-0.3, -0.25) is 4.79 Å². The topological polar surface area (TPSA) is 40.9 Å². The van der Waals surface area contributed by atoms with E-state index < -0.39 is 17.6 Å². The third-order valence-electron chi connectivity index (χ3n) is 2.76. The molecule has 0 radical (unpaired) electrons. The zero-order valence-corrected chi connectivity index (χ0v) is 10.6. The van der Waals surface area contributed by atoms with Crippen molar-refractivity contribution >= 4 is 5.78 Å². The molecule has 0 aliphatic carbocycles. The molecular formula is C14H15F2NO. The third-order valence-corrected chi connectivity index (χ3v) is 2.76. The average Bonchev–Trinajstić information content (AvgIpc) is 2.29. The first-order valence-electron chi connectivity index (χ1n) is 5.69. The number of ketones is 1. The molecule has 1 atom stereocenters. The zero-order chi connectivity index (χ0) is 13.9. The number of hydrogen-bond donors (Lipinski definition) is 0. The number of nitrogens with zero attached hydrogens (tertiary/aromatic N) is 1. The molecule has 0 saturated carbocycles. The highest BCUT2D eigenvalue weighted by molar-refractivity contribution is 5.93. The maximum absolute atomic E-state index is 12.9. The van der Waals surface area contributed by atoms with Crippen LogP contribution in [0.2, 0.25) is 0 Å². The van der Waals surface area contributed by atoms with Crippen LogP contribution in [-0.4, -0.2) is 11.7 Å². The summed E-state index contributed by atoms with van der Waals surface area (Å²) in [6, 6.07) is 8.28. The Morgan fingerprint density at radius 2 is 1.67 bits per heavy atom. The van der Waals surface area contributed by atoms with Crippen molar-refractivity contribution in [3.8, 4) is 6.07 Å². The van der Waals surface area contributed by atoms with Crippen LogP contribution in [-0.2, 0) is 4.79 Å². The summed E-state index contributed by atoms with van der Waals surface area (Å²) in [6.45, 7) is 4.52. The molecule has 0 N–H and O–H groups in total. The number of alkyl halides is 2. The predicted octanol–water partition coefficient (Wildman–Crippen LogP) is 3.64. The molecule has 0 heterocycles. The van der Waals surface area contributed by atoms with E-state index in [2.05, 4.69) is 0 Å². The Morgan fingerprint density at radius 3 is 2.00 bits per heavy atom. The Bertz CT molecular complexity index is 466. The second kappa shape index (κ2) is 5.26. The number of carbonyl (C=O) groups excluding carboxylic acids is 1. The number of hydrogen-bond acceptors (Lipinski definition) is 2. The van der Waals surface area contributed by atoms with E-state index in [0.29, 0.717) is 18.4 Å². The Balaban J connectivity index is 3.05. The molecule has 1 aromatic rings. The summed E-state index contributed by atoms with van der Waals surface area (Å²) in [7, 11) is 0. The first-order chi connectivity index (χ1) is 8.27. The van der Waals surface area contributed by atoms with Crippen LogP contribution < -0.4 is 0 Å².